The number of hydrogen-bond acceptors (Lipinski definition) is 6. The molecule has 0 fully saturated rings. The first-order chi connectivity index (χ1) is 10.5. The van der Waals surface area contributed by atoms with Gasteiger partial charge in [0, 0.05) is 0 Å². The Labute approximate surface area is 133 Å². The quantitative estimate of drug-likeness (QED) is 0.430. The van der Waals surface area contributed by atoms with Crippen molar-refractivity contribution in [3.63, 3.8) is 0 Å². The Morgan fingerprint density at radius 3 is 1.91 bits per heavy atom. The van der Waals surface area contributed by atoms with Gasteiger partial charge in [0.2, 0.25) is 0 Å². The van der Waals surface area contributed by atoms with E-state index >= 15 is 0 Å². The summed E-state index contributed by atoms with van der Waals surface area (Å²) in [5.74, 6) is 0. The van der Waals surface area contributed by atoms with E-state index in [2.05, 4.69) is 4.18 Å². The van der Waals surface area contributed by atoms with Gasteiger partial charge >= 0.3 is 15.6 Å². The van der Waals surface area contributed by atoms with Gasteiger partial charge in [-0.15, -0.1) is 0 Å². The lowest BCUT2D eigenvalue weighted by molar-refractivity contribution is -0.0526. The minimum absolute atomic E-state index is 0.219. The fraction of sp³-hybridized carbons (Fsp3) is 0.500. The van der Waals surface area contributed by atoms with E-state index in [1.165, 1.54) is 12.1 Å². The number of rotatable bonds is 6. The molecule has 0 saturated carbocycles. The molecule has 0 aromatic heterocycles. The van der Waals surface area contributed by atoms with Crippen LogP contribution in [0.4, 0.5) is 13.2 Å². The predicted octanol–water partition coefficient (Wildman–Crippen LogP) is 2.67. The molecule has 1 rings (SSSR count). The van der Waals surface area contributed by atoms with Crippen molar-refractivity contribution in [2.45, 2.75) is 30.2 Å². The lowest BCUT2D eigenvalue weighted by Crippen LogP contribution is -2.23. The van der Waals surface area contributed by atoms with E-state index in [-0.39, 0.29) is 11.5 Å². The second-order valence-corrected chi connectivity index (χ2v) is 7.33. The topological polar surface area (TPSA) is 86.7 Å². The zero-order valence-electron chi connectivity index (χ0n) is 12.4. The maximum Gasteiger partial charge on any atom is 0.523 e. The fourth-order valence-corrected chi connectivity index (χ4v) is 2.22. The normalized spacial score (nSPS) is 12.4. The molecule has 0 heterocycles. The van der Waals surface area contributed by atoms with Crippen LogP contribution in [0.25, 0.3) is 0 Å². The molecule has 6 nitrogen and oxygen atoms in total. The zero-order valence-corrected chi connectivity index (χ0v) is 14.0. The third-order valence-corrected chi connectivity index (χ3v) is 4.60. The van der Waals surface area contributed by atoms with Crippen molar-refractivity contribution < 1.29 is 38.4 Å². The zero-order chi connectivity index (χ0) is 18.1. The molecule has 0 bridgehead atoms. The monoisotopic (exact) mass is 378 g/mol. The molecule has 0 radical (unpaired) electrons. The maximum atomic E-state index is 11.5. The van der Waals surface area contributed by atoms with Crippen molar-refractivity contribution in [3.05, 3.63) is 30.3 Å². The van der Waals surface area contributed by atoms with E-state index in [1.807, 2.05) is 6.92 Å². The first kappa shape index (κ1) is 21.8. The molecule has 11 heteroatoms. The summed E-state index contributed by atoms with van der Waals surface area (Å²) < 4.78 is 83.7. The molecule has 0 spiro atoms. The standard InChI is InChI=1S/C10H14O3S.C2H3F3O3S/c1-2-3-9-13-14(11,12)10-7-5-4-6-8-10;1-8-9(6,7)2(3,4)5/h4-8H,2-3,9H2,1H3;1H3. The average molecular weight is 378 g/mol. The Bertz CT molecular complexity index is 654. The highest BCUT2D eigenvalue weighted by Crippen LogP contribution is 2.23. The Balaban J connectivity index is 0.000000468. The summed E-state index contributed by atoms with van der Waals surface area (Å²) in [7, 11) is -8.42. The van der Waals surface area contributed by atoms with Crippen LogP contribution in [-0.4, -0.2) is 36.1 Å². The van der Waals surface area contributed by atoms with Gasteiger partial charge in [-0.3, -0.25) is 8.37 Å². The van der Waals surface area contributed by atoms with Crippen molar-refractivity contribution in [1.29, 1.82) is 0 Å². The number of unbranched alkanes of at least 4 members (excludes halogenated alkanes) is 1. The Hall–Kier alpha value is -1.17. The van der Waals surface area contributed by atoms with Crippen LogP contribution in [0, 0.1) is 0 Å². The minimum atomic E-state index is -5.34. The second kappa shape index (κ2) is 9.21. The van der Waals surface area contributed by atoms with Crippen molar-refractivity contribution in [1.82, 2.24) is 0 Å². The third kappa shape index (κ3) is 7.77. The maximum absolute atomic E-state index is 11.5. The largest absolute Gasteiger partial charge is 0.523 e. The first-order valence-electron chi connectivity index (χ1n) is 6.29. The summed E-state index contributed by atoms with van der Waals surface area (Å²) in [5.41, 5.74) is -5.30. The molecule has 0 amide bonds. The molecule has 0 aliphatic heterocycles. The lowest BCUT2D eigenvalue weighted by atomic mass is 10.4. The summed E-state index contributed by atoms with van der Waals surface area (Å²) in [5, 5.41) is 0. The highest BCUT2D eigenvalue weighted by atomic mass is 32.2. The van der Waals surface area contributed by atoms with Crippen molar-refractivity contribution in [2.75, 3.05) is 13.7 Å². The number of alkyl halides is 3. The summed E-state index contributed by atoms with van der Waals surface area (Å²) in [4.78, 5) is 0.219. The Morgan fingerprint density at radius 1 is 1.04 bits per heavy atom. The van der Waals surface area contributed by atoms with Gasteiger partial charge in [-0.25, -0.2) is 0 Å². The summed E-state index contributed by atoms with van der Waals surface area (Å²) in [6.07, 6.45) is 1.68. The van der Waals surface area contributed by atoms with Gasteiger partial charge in [-0.05, 0) is 18.6 Å². The average Bonchev–Trinajstić information content (AvgIpc) is 2.48. The smallest absolute Gasteiger partial charge is 0.267 e. The van der Waals surface area contributed by atoms with Crippen LogP contribution < -0.4 is 0 Å². The summed E-state index contributed by atoms with van der Waals surface area (Å²) in [6, 6.07) is 8.18. The summed E-state index contributed by atoms with van der Waals surface area (Å²) in [6.45, 7) is 2.24. The molecule has 1 aromatic rings. The van der Waals surface area contributed by atoms with Gasteiger partial charge in [-0.2, -0.15) is 30.0 Å². The highest BCUT2D eigenvalue weighted by Gasteiger charge is 2.46. The molecule has 0 unspecified atom stereocenters. The van der Waals surface area contributed by atoms with Crippen LogP contribution in [0.5, 0.6) is 0 Å². The van der Waals surface area contributed by atoms with Gasteiger partial charge in [0.15, 0.2) is 0 Å². The molecule has 23 heavy (non-hydrogen) atoms. The van der Waals surface area contributed by atoms with Crippen LogP contribution in [0.2, 0.25) is 0 Å². The highest BCUT2D eigenvalue weighted by molar-refractivity contribution is 7.87. The second-order valence-electron chi connectivity index (χ2n) is 4.01. The SMILES string of the molecule is CCCCOS(=O)(=O)c1ccccc1.COS(=O)(=O)C(F)(F)F. The molecule has 0 saturated heterocycles. The van der Waals surface area contributed by atoms with Gasteiger partial charge in [0.25, 0.3) is 10.1 Å². The van der Waals surface area contributed by atoms with Crippen molar-refractivity contribution in [3.8, 4) is 0 Å². The number of hydrogen-bond donors (Lipinski definition) is 0. The van der Waals surface area contributed by atoms with Crippen molar-refractivity contribution in [2.24, 2.45) is 0 Å². The van der Waals surface area contributed by atoms with Gasteiger partial charge in [-0.1, -0.05) is 31.5 Å². The van der Waals surface area contributed by atoms with E-state index in [1.54, 1.807) is 18.2 Å². The summed E-state index contributed by atoms with van der Waals surface area (Å²) >= 11 is 0. The van der Waals surface area contributed by atoms with Crippen molar-refractivity contribution >= 4 is 20.2 Å². The lowest BCUT2D eigenvalue weighted by Gasteiger charge is -2.03. The fourth-order valence-electron chi connectivity index (χ4n) is 1.06. The predicted molar refractivity (Wildman–Crippen MR) is 76.5 cm³/mol. The van der Waals surface area contributed by atoms with E-state index < -0.39 is 25.7 Å². The first-order valence-corrected chi connectivity index (χ1v) is 9.11. The van der Waals surface area contributed by atoms with Crippen LogP contribution in [0.3, 0.4) is 0 Å². The van der Waals surface area contributed by atoms with E-state index in [4.69, 9.17) is 4.18 Å². The van der Waals surface area contributed by atoms with E-state index in [0.29, 0.717) is 7.11 Å². The van der Waals surface area contributed by atoms with E-state index in [9.17, 15) is 30.0 Å². The number of halogens is 3. The van der Waals surface area contributed by atoms with Gasteiger partial charge in [0.05, 0.1) is 18.6 Å². The van der Waals surface area contributed by atoms with Crippen LogP contribution in [0.1, 0.15) is 19.8 Å². The van der Waals surface area contributed by atoms with E-state index in [0.717, 1.165) is 12.8 Å². The molecule has 134 valence electrons. The van der Waals surface area contributed by atoms with Gasteiger partial charge in [0.1, 0.15) is 0 Å². The van der Waals surface area contributed by atoms with Crippen LogP contribution >= 0.6 is 0 Å². The molecule has 0 atom stereocenters. The molecular formula is C12H17F3O6S2. The molecular weight excluding hydrogens is 361 g/mol. The van der Waals surface area contributed by atoms with Crippen LogP contribution in [-0.2, 0) is 28.6 Å². The molecule has 1 aromatic carbocycles. The Morgan fingerprint density at radius 2 is 1.57 bits per heavy atom. The minimum Gasteiger partial charge on any atom is -0.267 e. The molecule has 0 aliphatic carbocycles. The van der Waals surface area contributed by atoms with Crippen LogP contribution in [0.15, 0.2) is 35.2 Å². The molecule has 0 aliphatic rings. The third-order valence-electron chi connectivity index (χ3n) is 2.27. The van der Waals surface area contributed by atoms with Gasteiger partial charge < -0.3 is 0 Å². The molecule has 0 N–H and O–H groups in total. The Kier molecular flexibility index (Phi) is 8.74. The number of benzene rings is 1.